The molecule has 8 heteroatoms. The molecule has 2 heterocycles. The van der Waals surface area contributed by atoms with Crippen molar-refractivity contribution in [2.24, 2.45) is 7.05 Å². The van der Waals surface area contributed by atoms with E-state index in [0.717, 1.165) is 15.7 Å². The highest BCUT2D eigenvalue weighted by Crippen LogP contribution is 2.49. The van der Waals surface area contributed by atoms with Gasteiger partial charge in [-0.05, 0) is 42.7 Å². The number of carbonyl (C=O) groups excluding carboxylic acids is 2. The number of nitrogens with zero attached hydrogens (tertiary/aromatic N) is 3. The molecule has 0 amide bonds. The molecule has 0 saturated carbocycles. The first kappa shape index (κ1) is 19.3. The van der Waals surface area contributed by atoms with Crippen LogP contribution in [0, 0.1) is 6.92 Å². The third-order valence-corrected chi connectivity index (χ3v) is 6.57. The third-order valence-electron chi connectivity index (χ3n) is 6.57. The Morgan fingerprint density at radius 3 is 2.52 bits per heavy atom. The van der Waals surface area contributed by atoms with Crippen molar-refractivity contribution in [1.29, 1.82) is 0 Å². The van der Waals surface area contributed by atoms with E-state index in [1.165, 1.54) is 22.5 Å². The van der Waals surface area contributed by atoms with Gasteiger partial charge in [0.15, 0.2) is 11.6 Å². The second-order valence-corrected chi connectivity index (χ2v) is 8.37. The normalized spacial score (nSPS) is 22.5. The molecule has 31 heavy (non-hydrogen) atoms. The summed E-state index contributed by atoms with van der Waals surface area (Å²) >= 11 is 0. The number of aromatic nitrogens is 3. The van der Waals surface area contributed by atoms with Crippen molar-refractivity contribution in [3.63, 3.8) is 0 Å². The standard InChI is InChI=1S/C23H21N3O5/c1-11-8-13(4-5-17(11)27)19-14-6-7-25-22(30)24(3)23(31)26(25)16(14)10-15-20(19)18(28)9-12(2)21(15)29/h4-6,8-9,16,19,27H,7,10H2,1-3H3/t16-,19+/m1/s1. The van der Waals surface area contributed by atoms with Crippen LogP contribution in [0.15, 0.2) is 62.2 Å². The van der Waals surface area contributed by atoms with Gasteiger partial charge in [-0.3, -0.25) is 9.59 Å². The van der Waals surface area contributed by atoms with Crippen LogP contribution in [0.3, 0.4) is 0 Å². The molecule has 158 valence electrons. The molecule has 0 unspecified atom stereocenters. The number of hydrogen-bond donors (Lipinski definition) is 1. The molecule has 0 bridgehead atoms. The zero-order valence-corrected chi connectivity index (χ0v) is 17.4. The van der Waals surface area contributed by atoms with Crippen molar-refractivity contribution in [1.82, 2.24) is 13.9 Å². The van der Waals surface area contributed by atoms with Crippen LogP contribution in [-0.2, 0) is 23.2 Å². The summed E-state index contributed by atoms with van der Waals surface area (Å²) in [4.78, 5) is 51.5. The van der Waals surface area contributed by atoms with E-state index in [1.807, 2.05) is 6.08 Å². The van der Waals surface area contributed by atoms with Crippen LogP contribution in [0.1, 0.15) is 36.4 Å². The first-order valence-electron chi connectivity index (χ1n) is 10.1. The largest absolute Gasteiger partial charge is 0.508 e. The molecule has 3 aliphatic rings. The van der Waals surface area contributed by atoms with E-state index in [1.54, 1.807) is 32.0 Å². The van der Waals surface area contributed by atoms with Gasteiger partial charge in [0.1, 0.15) is 5.75 Å². The summed E-state index contributed by atoms with van der Waals surface area (Å²) in [6, 6.07) is 4.56. The molecule has 0 spiro atoms. The molecule has 0 saturated heterocycles. The average molecular weight is 419 g/mol. The fraction of sp³-hybridized carbons (Fsp3) is 0.304. The topological polar surface area (TPSA) is 103 Å². The maximum absolute atomic E-state index is 13.1. The van der Waals surface area contributed by atoms with Gasteiger partial charge in [0.05, 0.1) is 12.6 Å². The number of aromatic hydroxyl groups is 1. The van der Waals surface area contributed by atoms with Crippen LogP contribution in [0.2, 0.25) is 0 Å². The highest BCUT2D eigenvalue weighted by molar-refractivity contribution is 6.23. The van der Waals surface area contributed by atoms with Crippen molar-refractivity contribution < 1.29 is 14.7 Å². The molecular weight excluding hydrogens is 398 g/mol. The predicted molar refractivity (Wildman–Crippen MR) is 112 cm³/mol. The Kier molecular flexibility index (Phi) is 3.99. The maximum Gasteiger partial charge on any atom is 0.347 e. The Balaban J connectivity index is 1.80. The first-order chi connectivity index (χ1) is 14.7. The highest BCUT2D eigenvalue weighted by Gasteiger charge is 2.44. The Morgan fingerprint density at radius 1 is 1.06 bits per heavy atom. The van der Waals surface area contributed by atoms with Gasteiger partial charge >= 0.3 is 11.4 Å². The van der Waals surface area contributed by atoms with E-state index in [9.17, 15) is 24.3 Å². The van der Waals surface area contributed by atoms with Gasteiger partial charge in [-0.25, -0.2) is 23.5 Å². The second kappa shape index (κ2) is 6.41. The number of phenolic OH excluding ortho intramolecular Hbond substituents is 1. The monoisotopic (exact) mass is 419 g/mol. The van der Waals surface area contributed by atoms with Gasteiger partial charge in [-0.15, -0.1) is 0 Å². The molecule has 1 aromatic carbocycles. The minimum atomic E-state index is -0.546. The van der Waals surface area contributed by atoms with Crippen molar-refractivity contribution in [3.05, 3.63) is 84.7 Å². The van der Waals surface area contributed by atoms with E-state index in [4.69, 9.17) is 0 Å². The molecule has 1 aliphatic heterocycles. The SMILES string of the molecule is CC1=CC(=O)C2=C(C[C@@H]3C(=CCn4c(=O)n(C)c(=O)n43)[C@@H]2c2ccc(O)c(C)c2)C1=O. The Bertz CT molecular complexity index is 1410. The molecule has 0 fully saturated rings. The van der Waals surface area contributed by atoms with Crippen LogP contribution in [0.4, 0.5) is 0 Å². The van der Waals surface area contributed by atoms with Gasteiger partial charge in [0.25, 0.3) is 0 Å². The summed E-state index contributed by atoms with van der Waals surface area (Å²) in [5.41, 5.74) is 2.52. The number of rotatable bonds is 1. The smallest absolute Gasteiger partial charge is 0.347 e. The van der Waals surface area contributed by atoms with Crippen LogP contribution >= 0.6 is 0 Å². The lowest BCUT2D eigenvalue weighted by molar-refractivity contribution is -0.116. The van der Waals surface area contributed by atoms with Crippen LogP contribution < -0.4 is 11.4 Å². The van der Waals surface area contributed by atoms with Crippen LogP contribution in [0.25, 0.3) is 0 Å². The highest BCUT2D eigenvalue weighted by atomic mass is 16.3. The molecule has 0 radical (unpaired) electrons. The van der Waals surface area contributed by atoms with Crippen molar-refractivity contribution >= 4 is 11.6 Å². The van der Waals surface area contributed by atoms with Crippen molar-refractivity contribution in [3.8, 4) is 5.75 Å². The van der Waals surface area contributed by atoms with E-state index < -0.39 is 23.3 Å². The second-order valence-electron chi connectivity index (χ2n) is 8.37. The Labute approximate surface area is 177 Å². The summed E-state index contributed by atoms with van der Waals surface area (Å²) < 4.78 is 3.84. The van der Waals surface area contributed by atoms with E-state index in [-0.39, 0.29) is 30.3 Å². The summed E-state index contributed by atoms with van der Waals surface area (Å²) in [5, 5.41) is 9.99. The fourth-order valence-corrected chi connectivity index (χ4v) is 5.00. The quantitative estimate of drug-likeness (QED) is 0.556. The summed E-state index contributed by atoms with van der Waals surface area (Å²) in [6.07, 6.45) is 3.43. The molecule has 1 aromatic heterocycles. The molecule has 8 nitrogen and oxygen atoms in total. The number of benzene rings is 1. The number of fused-ring (bicyclic) bond motifs is 3. The Morgan fingerprint density at radius 2 is 1.81 bits per heavy atom. The predicted octanol–water partition coefficient (Wildman–Crippen LogP) is 1.43. The number of allylic oxidation sites excluding steroid dienone is 6. The van der Waals surface area contributed by atoms with Crippen LogP contribution in [0.5, 0.6) is 5.75 Å². The minimum Gasteiger partial charge on any atom is -0.508 e. The van der Waals surface area contributed by atoms with Gasteiger partial charge in [0, 0.05) is 36.1 Å². The number of Topliss-reactive ketones (excluding diaryl/α,β-unsaturated/α-hetero) is 1. The van der Waals surface area contributed by atoms with Gasteiger partial charge < -0.3 is 5.11 Å². The van der Waals surface area contributed by atoms with Crippen LogP contribution in [-0.4, -0.2) is 30.6 Å². The lowest BCUT2D eigenvalue weighted by atomic mass is 9.68. The number of phenols is 1. The first-order valence-corrected chi connectivity index (χ1v) is 10.1. The molecule has 2 aliphatic carbocycles. The van der Waals surface area contributed by atoms with Crippen molar-refractivity contribution in [2.75, 3.05) is 0 Å². The van der Waals surface area contributed by atoms with E-state index in [2.05, 4.69) is 0 Å². The van der Waals surface area contributed by atoms with Gasteiger partial charge in [-0.2, -0.15) is 0 Å². The average Bonchev–Trinajstić information content (AvgIpc) is 2.97. The Hall–Kier alpha value is -3.68. The van der Waals surface area contributed by atoms with E-state index >= 15 is 0 Å². The lowest BCUT2D eigenvalue weighted by Crippen LogP contribution is -2.40. The van der Waals surface area contributed by atoms with Gasteiger partial charge in [-0.1, -0.05) is 18.2 Å². The minimum absolute atomic E-state index is 0.137. The number of carbonyl (C=O) groups is 2. The molecule has 5 rings (SSSR count). The zero-order valence-electron chi connectivity index (χ0n) is 17.4. The zero-order chi connectivity index (χ0) is 22.2. The third kappa shape index (κ3) is 2.54. The molecule has 2 atom stereocenters. The summed E-state index contributed by atoms with van der Waals surface area (Å²) in [7, 11) is 1.43. The maximum atomic E-state index is 13.1. The van der Waals surface area contributed by atoms with Gasteiger partial charge in [0.2, 0.25) is 0 Å². The number of ketones is 2. The molecule has 2 aromatic rings. The number of hydrogen-bond acceptors (Lipinski definition) is 5. The summed E-state index contributed by atoms with van der Waals surface area (Å²) in [5.74, 6) is -0.828. The molecular formula is C23H21N3O5. The summed E-state index contributed by atoms with van der Waals surface area (Å²) in [6.45, 7) is 3.58. The van der Waals surface area contributed by atoms with Crippen molar-refractivity contribution in [2.45, 2.75) is 38.8 Å². The molecule has 1 N–H and O–H groups in total. The fourth-order valence-electron chi connectivity index (χ4n) is 5.00. The number of aryl methyl sites for hydroxylation is 1. The van der Waals surface area contributed by atoms with E-state index in [0.29, 0.717) is 22.3 Å². The lowest BCUT2D eigenvalue weighted by Gasteiger charge is -2.39.